The molecule has 1 unspecified atom stereocenters. The van der Waals surface area contributed by atoms with Gasteiger partial charge in [-0.2, -0.15) is 0 Å². The molecule has 3 saturated carbocycles. The number of ether oxygens (including phenoxy) is 1. The van der Waals surface area contributed by atoms with E-state index in [1.807, 2.05) is 13.0 Å². The van der Waals surface area contributed by atoms with E-state index >= 15 is 0 Å². The van der Waals surface area contributed by atoms with E-state index in [0.717, 1.165) is 30.4 Å². The van der Waals surface area contributed by atoms with Crippen LogP contribution in [-0.2, 0) is 14.9 Å². The van der Waals surface area contributed by atoms with Gasteiger partial charge >= 0.3 is 5.97 Å². The van der Waals surface area contributed by atoms with Gasteiger partial charge in [0.2, 0.25) is 0 Å². The van der Waals surface area contributed by atoms with Crippen LogP contribution in [0, 0.1) is 18.2 Å². The topological polar surface area (TPSA) is 52.3 Å². The SMILES string of the molecule is COC(=O)C(N)C12CC(c3cc(F)ccc3C)(C1)C2. The Morgan fingerprint density at radius 3 is 2.63 bits per heavy atom. The summed E-state index contributed by atoms with van der Waals surface area (Å²) in [6.45, 7) is 2.00. The predicted molar refractivity (Wildman–Crippen MR) is 69.1 cm³/mol. The van der Waals surface area contributed by atoms with Gasteiger partial charge in [-0.3, -0.25) is 4.79 Å². The minimum Gasteiger partial charge on any atom is -0.468 e. The van der Waals surface area contributed by atoms with Gasteiger partial charge in [-0.1, -0.05) is 6.07 Å². The Morgan fingerprint density at radius 2 is 2.05 bits per heavy atom. The van der Waals surface area contributed by atoms with E-state index in [1.165, 1.54) is 13.2 Å². The highest BCUT2D eigenvalue weighted by atomic mass is 19.1. The van der Waals surface area contributed by atoms with Crippen molar-refractivity contribution in [1.29, 1.82) is 0 Å². The molecule has 4 rings (SSSR count). The summed E-state index contributed by atoms with van der Waals surface area (Å²) in [4.78, 5) is 11.5. The Labute approximate surface area is 111 Å². The Hall–Kier alpha value is -1.42. The molecule has 0 aliphatic heterocycles. The average molecular weight is 263 g/mol. The monoisotopic (exact) mass is 263 g/mol. The standard InChI is InChI=1S/C15H18FNO2/c1-9-3-4-10(16)5-11(9)14-6-15(7-14,8-14)12(17)13(18)19-2/h3-5,12H,6-8,17H2,1-2H3. The summed E-state index contributed by atoms with van der Waals surface area (Å²) in [5, 5.41) is 0. The summed E-state index contributed by atoms with van der Waals surface area (Å²) in [6, 6.07) is 4.38. The van der Waals surface area contributed by atoms with Crippen LogP contribution in [0.1, 0.15) is 30.4 Å². The molecule has 1 atom stereocenters. The number of rotatable bonds is 3. The number of halogens is 1. The molecule has 19 heavy (non-hydrogen) atoms. The van der Waals surface area contributed by atoms with Crippen LogP contribution in [0.15, 0.2) is 18.2 Å². The lowest BCUT2D eigenvalue weighted by atomic mass is 9.31. The van der Waals surface area contributed by atoms with Crippen LogP contribution in [-0.4, -0.2) is 19.1 Å². The van der Waals surface area contributed by atoms with Crippen molar-refractivity contribution < 1.29 is 13.9 Å². The van der Waals surface area contributed by atoms with Gasteiger partial charge in [0.15, 0.2) is 0 Å². The summed E-state index contributed by atoms with van der Waals surface area (Å²) >= 11 is 0. The zero-order valence-corrected chi connectivity index (χ0v) is 11.2. The number of carbonyl (C=O) groups is 1. The first kappa shape index (κ1) is 12.6. The van der Waals surface area contributed by atoms with Crippen LogP contribution in [0.5, 0.6) is 0 Å². The van der Waals surface area contributed by atoms with Crippen molar-refractivity contribution >= 4 is 5.97 Å². The van der Waals surface area contributed by atoms with E-state index in [1.54, 1.807) is 6.07 Å². The first-order valence-corrected chi connectivity index (χ1v) is 6.53. The highest BCUT2D eigenvalue weighted by molar-refractivity contribution is 5.78. The molecule has 0 heterocycles. The smallest absolute Gasteiger partial charge is 0.323 e. The second-order valence-corrected chi connectivity index (χ2v) is 6.13. The minimum atomic E-state index is -0.548. The van der Waals surface area contributed by atoms with E-state index < -0.39 is 6.04 Å². The zero-order chi connectivity index (χ0) is 13.8. The van der Waals surface area contributed by atoms with E-state index in [2.05, 4.69) is 0 Å². The quantitative estimate of drug-likeness (QED) is 0.849. The fourth-order valence-corrected chi connectivity index (χ4v) is 4.02. The van der Waals surface area contributed by atoms with Crippen LogP contribution in [0.3, 0.4) is 0 Å². The van der Waals surface area contributed by atoms with Crippen molar-refractivity contribution in [1.82, 2.24) is 0 Å². The summed E-state index contributed by atoms with van der Waals surface area (Å²) in [6.07, 6.45) is 2.58. The maximum Gasteiger partial charge on any atom is 0.323 e. The molecule has 0 spiro atoms. The van der Waals surface area contributed by atoms with Crippen molar-refractivity contribution in [2.75, 3.05) is 7.11 Å². The molecular weight excluding hydrogens is 245 g/mol. The van der Waals surface area contributed by atoms with Crippen LogP contribution in [0.4, 0.5) is 4.39 Å². The van der Waals surface area contributed by atoms with Gasteiger partial charge in [0.05, 0.1) is 7.11 Å². The number of nitrogens with two attached hydrogens (primary N) is 1. The van der Waals surface area contributed by atoms with Gasteiger partial charge in [0, 0.05) is 0 Å². The van der Waals surface area contributed by atoms with Crippen molar-refractivity contribution in [3.8, 4) is 0 Å². The van der Waals surface area contributed by atoms with Gasteiger partial charge in [-0.15, -0.1) is 0 Å². The maximum absolute atomic E-state index is 13.4. The third-order valence-electron chi connectivity index (χ3n) is 4.96. The minimum absolute atomic E-state index is 0.0395. The van der Waals surface area contributed by atoms with Crippen molar-refractivity contribution in [2.24, 2.45) is 11.1 Å². The molecule has 1 aromatic carbocycles. The van der Waals surface area contributed by atoms with Gasteiger partial charge in [0.1, 0.15) is 11.9 Å². The highest BCUT2D eigenvalue weighted by Gasteiger charge is 2.71. The first-order chi connectivity index (χ1) is 8.92. The number of hydrogen-bond acceptors (Lipinski definition) is 3. The molecule has 2 bridgehead atoms. The van der Waals surface area contributed by atoms with Crippen LogP contribution >= 0.6 is 0 Å². The number of esters is 1. The van der Waals surface area contributed by atoms with E-state index in [-0.39, 0.29) is 22.6 Å². The third kappa shape index (κ3) is 1.56. The van der Waals surface area contributed by atoms with Gasteiger partial charge < -0.3 is 10.5 Å². The lowest BCUT2D eigenvalue weighted by Gasteiger charge is -2.72. The maximum atomic E-state index is 13.4. The summed E-state index contributed by atoms with van der Waals surface area (Å²) in [5.41, 5.74) is 8.07. The largest absolute Gasteiger partial charge is 0.468 e. The Balaban J connectivity index is 1.80. The highest BCUT2D eigenvalue weighted by Crippen LogP contribution is 2.75. The van der Waals surface area contributed by atoms with Crippen LogP contribution in [0.2, 0.25) is 0 Å². The molecule has 0 amide bonds. The van der Waals surface area contributed by atoms with Crippen molar-refractivity contribution in [2.45, 2.75) is 37.6 Å². The molecule has 0 aromatic heterocycles. The lowest BCUT2D eigenvalue weighted by Crippen LogP contribution is -2.72. The van der Waals surface area contributed by atoms with Crippen molar-refractivity contribution in [3.05, 3.63) is 35.1 Å². The normalized spacial score (nSPS) is 33.1. The number of carbonyl (C=O) groups excluding carboxylic acids is 1. The molecule has 0 radical (unpaired) electrons. The molecular formula is C15H18FNO2. The van der Waals surface area contributed by atoms with Crippen molar-refractivity contribution in [3.63, 3.8) is 0 Å². The molecule has 3 nitrogen and oxygen atoms in total. The molecule has 0 saturated heterocycles. The van der Waals surface area contributed by atoms with Gasteiger partial charge in [-0.25, -0.2) is 4.39 Å². The van der Waals surface area contributed by atoms with Gasteiger partial charge in [-0.05, 0) is 60.3 Å². The predicted octanol–water partition coefficient (Wildman–Crippen LogP) is 2.06. The summed E-state index contributed by atoms with van der Waals surface area (Å²) in [5.74, 6) is -0.541. The Morgan fingerprint density at radius 1 is 1.42 bits per heavy atom. The number of methoxy groups -OCH3 is 1. The molecule has 3 fully saturated rings. The number of aryl methyl sites for hydroxylation is 1. The molecule has 2 N–H and O–H groups in total. The van der Waals surface area contributed by atoms with E-state index in [4.69, 9.17) is 10.5 Å². The fraction of sp³-hybridized carbons (Fsp3) is 0.533. The Kier molecular flexibility index (Phi) is 2.52. The van der Waals surface area contributed by atoms with E-state index in [9.17, 15) is 9.18 Å². The second-order valence-electron chi connectivity index (χ2n) is 6.13. The Bertz CT molecular complexity index is 535. The molecule has 4 heteroatoms. The van der Waals surface area contributed by atoms with Crippen LogP contribution in [0.25, 0.3) is 0 Å². The molecule has 3 aliphatic carbocycles. The molecule has 102 valence electrons. The average Bonchev–Trinajstić information content (AvgIpc) is 2.29. The zero-order valence-electron chi connectivity index (χ0n) is 11.2. The second kappa shape index (κ2) is 3.79. The molecule has 3 aliphatic rings. The third-order valence-corrected chi connectivity index (χ3v) is 4.96. The van der Waals surface area contributed by atoms with Gasteiger partial charge in [0.25, 0.3) is 0 Å². The van der Waals surface area contributed by atoms with Crippen LogP contribution < -0.4 is 5.73 Å². The lowest BCUT2D eigenvalue weighted by molar-refractivity contribution is -0.181. The summed E-state index contributed by atoms with van der Waals surface area (Å²) in [7, 11) is 1.36. The number of hydrogen-bond donors (Lipinski definition) is 1. The number of benzene rings is 1. The first-order valence-electron chi connectivity index (χ1n) is 6.53. The van der Waals surface area contributed by atoms with E-state index in [0.29, 0.717) is 0 Å². The summed E-state index contributed by atoms with van der Waals surface area (Å²) < 4.78 is 18.1. The fourth-order valence-electron chi connectivity index (χ4n) is 4.02. The molecule has 1 aromatic rings.